The van der Waals surface area contributed by atoms with E-state index in [-0.39, 0.29) is 21.6 Å². The Kier molecular flexibility index (Phi) is 3.92. The van der Waals surface area contributed by atoms with Gasteiger partial charge in [-0.1, -0.05) is 23.2 Å². The lowest BCUT2D eigenvalue weighted by Crippen LogP contribution is -2.13. The predicted molar refractivity (Wildman–Crippen MR) is 66.4 cm³/mol. The number of rotatable bonds is 2. The highest BCUT2D eigenvalue weighted by Crippen LogP contribution is 2.26. The minimum absolute atomic E-state index is 0.000525. The lowest BCUT2D eigenvalue weighted by Gasteiger charge is -2.07. The Bertz CT molecular complexity index is 632. The fourth-order valence-electron chi connectivity index (χ4n) is 1.27. The predicted octanol–water partition coefficient (Wildman–Crippen LogP) is 3.31. The van der Waals surface area contributed by atoms with E-state index in [0.29, 0.717) is 0 Å². The number of carbonyl (C=O) groups excluding carboxylic acids is 1. The average molecular weight is 304 g/mol. The summed E-state index contributed by atoms with van der Waals surface area (Å²) in [6.45, 7) is 0. The summed E-state index contributed by atoms with van der Waals surface area (Å²) in [6, 6.07) is 2.73. The van der Waals surface area contributed by atoms with Gasteiger partial charge < -0.3 is 5.32 Å². The van der Waals surface area contributed by atoms with E-state index < -0.39 is 17.5 Å². The second-order valence-corrected chi connectivity index (χ2v) is 4.13. The number of nitrogens with one attached hydrogen (secondary N) is 1. The number of hydrogen-bond acceptors (Lipinski definition) is 3. The Morgan fingerprint density at radius 2 is 1.74 bits per heavy atom. The van der Waals surface area contributed by atoms with Crippen LogP contribution in [0, 0.1) is 11.6 Å². The summed E-state index contributed by atoms with van der Waals surface area (Å²) in [5.74, 6) is -2.89. The molecule has 0 saturated carbocycles. The SMILES string of the molecule is O=C(Nc1c(Cl)ncnc1Cl)c1ccc(F)c(F)c1. The summed E-state index contributed by atoms with van der Waals surface area (Å²) in [6.07, 6.45) is 1.12. The largest absolute Gasteiger partial charge is 0.317 e. The van der Waals surface area contributed by atoms with E-state index >= 15 is 0 Å². The van der Waals surface area contributed by atoms with Crippen molar-refractivity contribution >= 4 is 34.8 Å². The molecule has 1 aromatic carbocycles. The molecule has 0 atom stereocenters. The van der Waals surface area contributed by atoms with Crippen LogP contribution in [-0.4, -0.2) is 15.9 Å². The van der Waals surface area contributed by atoms with Crippen LogP contribution in [0.1, 0.15) is 10.4 Å². The molecule has 0 spiro atoms. The van der Waals surface area contributed by atoms with Crippen molar-refractivity contribution in [2.24, 2.45) is 0 Å². The zero-order valence-corrected chi connectivity index (χ0v) is 10.6. The Morgan fingerprint density at radius 1 is 1.11 bits per heavy atom. The van der Waals surface area contributed by atoms with Crippen molar-refractivity contribution in [3.63, 3.8) is 0 Å². The average Bonchev–Trinajstić information content (AvgIpc) is 2.37. The molecule has 98 valence electrons. The molecule has 0 aliphatic rings. The minimum atomic E-state index is -1.13. The lowest BCUT2D eigenvalue weighted by atomic mass is 10.2. The monoisotopic (exact) mass is 303 g/mol. The topological polar surface area (TPSA) is 54.9 Å². The van der Waals surface area contributed by atoms with Gasteiger partial charge in [0.1, 0.15) is 12.0 Å². The number of halogens is 4. The number of nitrogens with zero attached hydrogens (tertiary/aromatic N) is 2. The molecule has 0 unspecified atom stereocenters. The number of hydrogen-bond donors (Lipinski definition) is 1. The van der Waals surface area contributed by atoms with E-state index in [0.717, 1.165) is 24.5 Å². The van der Waals surface area contributed by atoms with Crippen LogP contribution in [0.4, 0.5) is 14.5 Å². The molecule has 0 saturated heterocycles. The van der Waals surface area contributed by atoms with Gasteiger partial charge >= 0.3 is 0 Å². The molecule has 1 amide bonds. The van der Waals surface area contributed by atoms with Crippen molar-refractivity contribution in [2.45, 2.75) is 0 Å². The highest BCUT2D eigenvalue weighted by molar-refractivity contribution is 6.38. The molecule has 1 N–H and O–H groups in total. The van der Waals surface area contributed by atoms with Gasteiger partial charge in [-0.15, -0.1) is 0 Å². The van der Waals surface area contributed by atoms with Crippen molar-refractivity contribution < 1.29 is 13.6 Å². The molecule has 8 heteroatoms. The van der Waals surface area contributed by atoms with Crippen LogP contribution in [0.25, 0.3) is 0 Å². The molecule has 0 bridgehead atoms. The van der Waals surface area contributed by atoms with Crippen molar-refractivity contribution in [3.05, 3.63) is 52.0 Å². The van der Waals surface area contributed by atoms with E-state index in [1.165, 1.54) is 0 Å². The van der Waals surface area contributed by atoms with E-state index in [1.807, 2.05) is 0 Å². The van der Waals surface area contributed by atoms with E-state index in [9.17, 15) is 13.6 Å². The first kappa shape index (κ1) is 13.6. The number of carbonyl (C=O) groups is 1. The van der Waals surface area contributed by atoms with Crippen LogP contribution >= 0.6 is 23.2 Å². The van der Waals surface area contributed by atoms with Gasteiger partial charge in [0, 0.05) is 5.56 Å². The quantitative estimate of drug-likeness (QED) is 0.866. The number of anilines is 1. The molecule has 1 aromatic heterocycles. The van der Waals surface area contributed by atoms with Gasteiger partial charge in [-0.3, -0.25) is 4.79 Å². The minimum Gasteiger partial charge on any atom is -0.317 e. The molecule has 0 aliphatic carbocycles. The highest BCUT2D eigenvalue weighted by atomic mass is 35.5. The normalized spacial score (nSPS) is 10.3. The molecule has 2 rings (SSSR count). The van der Waals surface area contributed by atoms with Gasteiger partial charge in [-0.05, 0) is 18.2 Å². The first-order chi connectivity index (χ1) is 8.99. The maximum atomic E-state index is 13.0. The first-order valence-corrected chi connectivity index (χ1v) is 5.67. The van der Waals surface area contributed by atoms with Gasteiger partial charge in [0.05, 0.1) is 0 Å². The Hall–Kier alpha value is -1.79. The zero-order chi connectivity index (χ0) is 14.0. The van der Waals surface area contributed by atoms with E-state index in [1.54, 1.807) is 0 Å². The van der Waals surface area contributed by atoms with Crippen molar-refractivity contribution in [2.75, 3.05) is 5.32 Å². The summed E-state index contributed by atoms with van der Waals surface area (Å²) >= 11 is 11.5. The summed E-state index contributed by atoms with van der Waals surface area (Å²) in [7, 11) is 0. The molecular formula is C11H5Cl2F2N3O. The second kappa shape index (κ2) is 5.46. The first-order valence-electron chi connectivity index (χ1n) is 4.91. The van der Waals surface area contributed by atoms with Gasteiger partial charge in [0.25, 0.3) is 5.91 Å². The van der Waals surface area contributed by atoms with Gasteiger partial charge in [0.15, 0.2) is 21.9 Å². The summed E-state index contributed by atoms with van der Waals surface area (Å²) in [4.78, 5) is 19.1. The fraction of sp³-hybridized carbons (Fsp3) is 0. The van der Waals surface area contributed by atoms with Crippen LogP contribution in [0.3, 0.4) is 0 Å². The molecule has 0 fully saturated rings. The number of amides is 1. The van der Waals surface area contributed by atoms with Crippen molar-refractivity contribution in [1.82, 2.24) is 9.97 Å². The summed E-state index contributed by atoms with van der Waals surface area (Å²) in [5.41, 5.74) is -0.0875. The smallest absolute Gasteiger partial charge is 0.255 e. The zero-order valence-electron chi connectivity index (χ0n) is 9.12. The third-order valence-corrected chi connectivity index (χ3v) is 2.75. The van der Waals surface area contributed by atoms with E-state index in [4.69, 9.17) is 23.2 Å². The molecule has 0 radical (unpaired) electrons. The summed E-state index contributed by atoms with van der Waals surface area (Å²) < 4.78 is 25.8. The molecule has 2 aromatic rings. The molecular weight excluding hydrogens is 299 g/mol. The van der Waals surface area contributed by atoms with Gasteiger partial charge in [-0.2, -0.15) is 0 Å². The second-order valence-electron chi connectivity index (χ2n) is 3.41. The Morgan fingerprint density at radius 3 is 2.32 bits per heavy atom. The number of benzene rings is 1. The third-order valence-electron chi connectivity index (χ3n) is 2.18. The Balaban J connectivity index is 2.28. The van der Waals surface area contributed by atoms with E-state index in [2.05, 4.69) is 15.3 Å². The van der Waals surface area contributed by atoms with Gasteiger partial charge in [0.2, 0.25) is 0 Å². The maximum absolute atomic E-state index is 13.0. The van der Waals surface area contributed by atoms with Crippen LogP contribution in [0.15, 0.2) is 24.5 Å². The fourth-order valence-corrected chi connectivity index (χ4v) is 1.68. The van der Waals surface area contributed by atoms with Crippen LogP contribution in [0.2, 0.25) is 10.3 Å². The lowest BCUT2D eigenvalue weighted by molar-refractivity contribution is 0.102. The molecule has 4 nitrogen and oxygen atoms in total. The standard InChI is InChI=1S/C11H5Cl2F2N3O/c12-9-8(10(13)17-4-16-9)18-11(19)5-1-2-6(14)7(15)3-5/h1-4H,(H,18,19). The Labute approximate surface area is 116 Å². The maximum Gasteiger partial charge on any atom is 0.255 e. The van der Waals surface area contributed by atoms with Crippen LogP contribution < -0.4 is 5.32 Å². The van der Waals surface area contributed by atoms with Crippen LogP contribution in [0.5, 0.6) is 0 Å². The van der Waals surface area contributed by atoms with Gasteiger partial charge in [-0.25, -0.2) is 18.7 Å². The third kappa shape index (κ3) is 2.97. The summed E-state index contributed by atoms with van der Waals surface area (Å²) in [5, 5.41) is 2.21. The number of aromatic nitrogens is 2. The highest BCUT2D eigenvalue weighted by Gasteiger charge is 2.14. The van der Waals surface area contributed by atoms with Crippen molar-refractivity contribution in [3.8, 4) is 0 Å². The molecule has 0 aliphatic heterocycles. The molecule has 1 heterocycles. The molecule has 19 heavy (non-hydrogen) atoms. The van der Waals surface area contributed by atoms with Crippen molar-refractivity contribution in [1.29, 1.82) is 0 Å². The van der Waals surface area contributed by atoms with Crippen LogP contribution in [-0.2, 0) is 0 Å².